The molecule has 3 aromatic rings. The zero-order valence-electron chi connectivity index (χ0n) is 16.2. The van der Waals surface area contributed by atoms with Gasteiger partial charge in [-0.3, -0.25) is 0 Å². The largest absolute Gasteiger partial charge is 0.398 e. The quantitative estimate of drug-likeness (QED) is 0.266. The van der Waals surface area contributed by atoms with E-state index in [0.717, 1.165) is 29.3 Å². The van der Waals surface area contributed by atoms with Gasteiger partial charge in [0.2, 0.25) is 0 Å². The van der Waals surface area contributed by atoms with Crippen molar-refractivity contribution in [3.8, 4) is 0 Å². The van der Waals surface area contributed by atoms with E-state index in [1.165, 1.54) is 11.8 Å². The van der Waals surface area contributed by atoms with Gasteiger partial charge in [0.15, 0.2) is 0 Å². The maximum absolute atomic E-state index is 13.7. The minimum Gasteiger partial charge on any atom is -0.398 e. The number of hydrogen-bond donors (Lipinski definition) is 3. The van der Waals surface area contributed by atoms with Gasteiger partial charge in [0.05, 0.1) is 10.9 Å². The highest BCUT2D eigenvalue weighted by Gasteiger charge is 2.20. The van der Waals surface area contributed by atoms with Gasteiger partial charge in [-0.05, 0) is 47.5 Å². The van der Waals surface area contributed by atoms with Crippen LogP contribution in [-0.4, -0.2) is 18.3 Å². The number of anilines is 2. The highest BCUT2D eigenvalue weighted by molar-refractivity contribution is 7.99. The molecule has 0 aliphatic heterocycles. The van der Waals surface area contributed by atoms with Gasteiger partial charge in [0.25, 0.3) is 0 Å². The lowest BCUT2D eigenvalue weighted by Gasteiger charge is -2.21. The van der Waals surface area contributed by atoms with Gasteiger partial charge in [-0.15, -0.1) is 11.8 Å². The van der Waals surface area contributed by atoms with E-state index in [2.05, 4.69) is 10.6 Å². The fourth-order valence-corrected chi connectivity index (χ4v) is 4.62. The van der Waals surface area contributed by atoms with E-state index in [1.54, 1.807) is 24.3 Å². The summed E-state index contributed by atoms with van der Waals surface area (Å²) in [4.78, 5) is 12.0. The normalized spacial score (nSPS) is 11.7. The Balaban J connectivity index is 1.66. The number of hydrogen-bond acceptors (Lipinski definition) is 3. The Hall–Kier alpha value is -2.48. The number of halogens is 4. The Labute approximate surface area is 193 Å². The second-order valence-corrected chi connectivity index (χ2v) is 8.61. The number of carbonyl (C=O) groups excluding carboxylic acids is 1. The third kappa shape index (κ3) is 6.26. The summed E-state index contributed by atoms with van der Waals surface area (Å²) in [6.45, 7) is 0.273. The molecule has 3 rings (SSSR count). The summed E-state index contributed by atoms with van der Waals surface area (Å²) >= 11 is 14.1. The molecule has 4 nitrogen and oxygen atoms in total. The van der Waals surface area contributed by atoms with Crippen LogP contribution in [0.4, 0.5) is 25.0 Å². The summed E-state index contributed by atoms with van der Waals surface area (Å²) in [7, 11) is 0. The zero-order valence-corrected chi connectivity index (χ0v) is 18.5. The number of nitrogens with one attached hydrogen (secondary N) is 2. The number of nitrogen functional groups attached to an aromatic ring is 1. The molecule has 0 saturated carbocycles. The number of nitrogens with two attached hydrogens (primary N) is 1. The SMILES string of the molecule is Nc1ccc(Cl)cc1C(SCCNC(=O)Nc1cc(F)ccc1F)c1ccccc1Cl. The molecule has 0 fully saturated rings. The molecule has 0 radical (unpaired) electrons. The minimum atomic E-state index is -0.721. The van der Waals surface area contributed by atoms with Crippen molar-refractivity contribution in [2.75, 3.05) is 23.3 Å². The van der Waals surface area contributed by atoms with Crippen molar-refractivity contribution in [3.63, 3.8) is 0 Å². The maximum atomic E-state index is 13.7. The lowest BCUT2D eigenvalue weighted by Crippen LogP contribution is -2.31. The standard InChI is InChI=1S/C22H19Cl2F2N3OS/c23-13-5-8-19(27)16(11-13)21(15-3-1-2-4-17(15)24)31-10-9-28-22(30)29-20-12-14(25)6-7-18(20)26/h1-8,11-12,21H,9-10,27H2,(H2,28,29,30). The fraction of sp³-hybridized carbons (Fsp3) is 0.136. The molecule has 0 spiro atoms. The van der Waals surface area contributed by atoms with E-state index in [9.17, 15) is 13.6 Å². The first-order chi connectivity index (χ1) is 14.8. The average molecular weight is 482 g/mol. The maximum Gasteiger partial charge on any atom is 0.319 e. The van der Waals surface area contributed by atoms with Crippen LogP contribution in [-0.2, 0) is 0 Å². The van der Waals surface area contributed by atoms with Gasteiger partial charge < -0.3 is 16.4 Å². The molecule has 2 amide bonds. The molecular weight excluding hydrogens is 463 g/mol. The molecule has 3 aromatic carbocycles. The summed E-state index contributed by atoms with van der Waals surface area (Å²) in [6, 6.07) is 14.9. The monoisotopic (exact) mass is 481 g/mol. The first-order valence-corrected chi connectivity index (χ1v) is 11.1. The first kappa shape index (κ1) is 23.2. The smallest absolute Gasteiger partial charge is 0.319 e. The van der Waals surface area contributed by atoms with Crippen molar-refractivity contribution in [3.05, 3.63) is 93.5 Å². The van der Waals surface area contributed by atoms with Crippen molar-refractivity contribution >= 4 is 52.4 Å². The van der Waals surface area contributed by atoms with Crippen LogP contribution in [0.25, 0.3) is 0 Å². The number of urea groups is 1. The van der Waals surface area contributed by atoms with Crippen LogP contribution >= 0.6 is 35.0 Å². The topological polar surface area (TPSA) is 67.1 Å². The van der Waals surface area contributed by atoms with Crippen LogP contribution in [0.15, 0.2) is 60.7 Å². The van der Waals surface area contributed by atoms with Crippen molar-refractivity contribution in [1.82, 2.24) is 5.32 Å². The zero-order chi connectivity index (χ0) is 22.4. The number of thioether (sulfide) groups is 1. The lowest BCUT2D eigenvalue weighted by atomic mass is 10.0. The predicted molar refractivity (Wildman–Crippen MR) is 125 cm³/mol. The Morgan fingerprint density at radius 2 is 1.81 bits per heavy atom. The molecule has 0 aromatic heterocycles. The molecule has 0 bridgehead atoms. The van der Waals surface area contributed by atoms with Gasteiger partial charge in [-0.1, -0.05) is 41.4 Å². The number of rotatable bonds is 7. The van der Waals surface area contributed by atoms with Crippen LogP contribution in [0.1, 0.15) is 16.4 Å². The van der Waals surface area contributed by atoms with Crippen LogP contribution in [0.2, 0.25) is 10.0 Å². The second kappa shape index (κ2) is 10.7. The Morgan fingerprint density at radius 3 is 2.58 bits per heavy atom. The summed E-state index contributed by atoms with van der Waals surface area (Å²) in [5, 5.41) is 5.85. The third-order valence-electron chi connectivity index (χ3n) is 4.37. The molecule has 9 heteroatoms. The molecule has 0 heterocycles. The van der Waals surface area contributed by atoms with Crippen molar-refractivity contribution in [2.24, 2.45) is 0 Å². The highest BCUT2D eigenvalue weighted by Crippen LogP contribution is 2.42. The third-order valence-corrected chi connectivity index (χ3v) is 6.23. The van der Waals surface area contributed by atoms with E-state index in [-0.39, 0.29) is 17.5 Å². The van der Waals surface area contributed by atoms with Crippen LogP contribution in [0.5, 0.6) is 0 Å². The summed E-state index contributed by atoms with van der Waals surface area (Å²) in [5.41, 5.74) is 8.22. The van der Waals surface area contributed by atoms with E-state index in [1.807, 2.05) is 18.2 Å². The lowest BCUT2D eigenvalue weighted by molar-refractivity contribution is 0.252. The van der Waals surface area contributed by atoms with E-state index in [0.29, 0.717) is 21.5 Å². The van der Waals surface area contributed by atoms with Gasteiger partial charge in [0, 0.05) is 34.1 Å². The molecule has 162 valence electrons. The van der Waals surface area contributed by atoms with Crippen LogP contribution in [0, 0.1) is 11.6 Å². The van der Waals surface area contributed by atoms with Gasteiger partial charge in [-0.25, -0.2) is 13.6 Å². The number of benzene rings is 3. The molecule has 1 atom stereocenters. The summed E-state index contributed by atoms with van der Waals surface area (Å²) in [5.74, 6) is -0.865. The highest BCUT2D eigenvalue weighted by atomic mass is 35.5. The van der Waals surface area contributed by atoms with Crippen molar-refractivity contribution < 1.29 is 13.6 Å². The molecule has 0 aliphatic rings. The summed E-state index contributed by atoms with van der Waals surface area (Å²) in [6.07, 6.45) is 0. The predicted octanol–water partition coefficient (Wildman–Crippen LogP) is 6.50. The number of amides is 2. The van der Waals surface area contributed by atoms with Gasteiger partial charge in [0.1, 0.15) is 11.6 Å². The van der Waals surface area contributed by atoms with Crippen LogP contribution < -0.4 is 16.4 Å². The molecule has 4 N–H and O–H groups in total. The molecule has 1 unspecified atom stereocenters. The minimum absolute atomic E-state index is 0.210. The molecule has 0 aliphatic carbocycles. The second-order valence-electron chi connectivity index (χ2n) is 6.55. The first-order valence-electron chi connectivity index (χ1n) is 9.26. The average Bonchev–Trinajstić information content (AvgIpc) is 2.73. The van der Waals surface area contributed by atoms with E-state index in [4.69, 9.17) is 28.9 Å². The molecule has 31 heavy (non-hydrogen) atoms. The Morgan fingerprint density at radius 1 is 1.03 bits per heavy atom. The Kier molecular flexibility index (Phi) is 8.01. The van der Waals surface area contributed by atoms with E-state index >= 15 is 0 Å². The van der Waals surface area contributed by atoms with Crippen molar-refractivity contribution in [2.45, 2.75) is 5.25 Å². The van der Waals surface area contributed by atoms with Gasteiger partial charge in [-0.2, -0.15) is 0 Å². The van der Waals surface area contributed by atoms with Crippen molar-refractivity contribution in [1.29, 1.82) is 0 Å². The molecule has 0 saturated heterocycles. The van der Waals surface area contributed by atoms with Crippen LogP contribution in [0.3, 0.4) is 0 Å². The van der Waals surface area contributed by atoms with E-state index < -0.39 is 17.7 Å². The number of carbonyl (C=O) groups is 1. The summed E-state index contributed by atoms with van der Waals surface area (Å²) < 4.78 is 26.9. The fourth-order valence-electron chi connectivity index (χ4n) is 2.91. The Bertz CT molecular complexity index is 1080. The molecular formula is C22H19Cl2F2N3OS. The van der Waals surface area contributed by atoms with Gasteiger partial charge >= 0.3 is 6.03 Å².